The molecule has 7 heteroatoms. The summed E-state index contributed by atoms with van der Waals surface area (Å²) in [6.45, 7) is 0. The van der Waals surface area contributed by atoms with E-state index in [-0.39, 0.29) is 11.4 Å². The van der Waals surface area contributed by atoms with E-state index in [1.807, 2.05) is 18.2 Å². The Balaban J connectivity index is 2.30. The smallest absolute Gasteiger partial charge is 0.339 e. The summed E-state index contributed by atoms with van der Waals surface area (Å²) in [7, 11) is 0. The predicted molar refractivity (Wildman–Crippen MR) is 71.3 cm³/mol. The van der Waals surface area contributed by atoms with Gasteiger partial charge in [-0.15, -0.1) is 5.10 Å². The summed E-state index contributed by atoms with van der Waals surface area (Å²) in [4.78, 5) is 15.4. The number of pyridine rings is 1. The lowest BCUT2D eigenvalue weighted by atomic mass is 10.2. The van der Waals surface area contributed by atoms with Gasteiger partial charge in [0.25, 0.3) is 0 Å². The first-order valence-electron chi connectivity index (χ1n) is 5.36. The molecule has 6 nitrogen and oxygen atoms in total. The number of aromatic carboxylic acids is 1. The van der Waals surface area contributed by atoms with E-state index < -0.39 is 5.97 Å². The Hall–Kier alpha value is -2.28. The van der Waals surface area contributed by atoms with Gasteiger partial charge in [0, 0.05) is 10.7 Å². The summed E-state index contributed by atoms with van der Waals surface area (Å²) in [5.74, 6) is -0.826. The first kappa shape index (κ1) is 11.8. The highest BCUT2D eigenvalue weighted by molar-refractivity contribution is 9.10. The molecule has 0 atom stereocenters. The molecule has 19 heavy (non-hydrogen) atoms. The maximum atomic E-state index is 11.3. The Labute approximate surface area is 115 Å². The lowest BCUT2D eigenvalue weighted by Gasteiger charge is -2.05. The summed E-state index contributed by atoms with van der Waals surface area (Å²) in [6, 6.07) is 8.78. The Morgan fingerprint density at radius 1 is 1.32 bits per heavy atom. The molecule has 0 radical (unpaired) electrons. The number of benzene rings is 1. The molecule has 0 aliphatic heterocycles. The van der Waals surface area contributed by atoms with Gasteiger partial charge in [0.2, 0.25) is 0 Å². The Morgan fingerprint density at radius 2 is 2.11 bits per heavy atom. The summed E-state index contributed by atoms with van der Waals surface area (Å²) >= 11 is 3.21. The molecule has 0 unspecified atom stereocenters. The third-order valence-electron chi connectivity index (χ3n) is 2.62. The van der Waals surface area contributed by atoms with Crippen LogP contribution in [0.25, 0.3) is 16.9 Å². The quantitative estimate of drug-likeness (QED) is 0.784. The molecule has 0 saturated heterocycles. The van der Waals surface area contributed by atoms with Crippen molar-refractivity contribution >= 4 is 32.9 Å². The van der Waals surface area contributed by atoms with Crippen molar-refractivity contribution in [3.63, 3.8) is 0 Å². The van der Waals surface area contributed by atoms with E-state index in [0.29, 0.717) is 15.5 Å². The van der Waals surface area contributed by atoms with Crippen molar-refractivity contribution in [1.29, 1.82) is 0 Å². The van der Waals surface area contributed by atoms with E-state index in [4.69, 9.17) is 0 Å². The number of nitrogens with zero attached hydrogens (tertiary/aromatic N) is 4. The molecule has 0 spiro atoms. The number of carboxylic acid groups (broad SMARTS) is 1. The topological polar surface area (TPSA) is 80.9 Å². The van der Waals surface area contributed by atoms with Crippen molar-refractivity contribution in [1.82, 2.24) is 20.0 Å². The molecule has 94 valence electrons. The minimum Gasteiger partial charge on any atom is -0.478 e. The van der Waals surface area contributed by atoms with Gasteiger partial charge in [-0.25, -0.2) is 9.78 Å². The molecule has 2 heterocycles. The molecule has 0 saturated carbocycles. The Morgan fingerprint density at radius 3 is 2.89 bits per heavy atom. The van der Waals surface area contributed by atoms with Crippen molar-refractivity contribution in [3.05, 3.63) is 46.6 Å². The average molecular weight is 319 g/mol. The molecule has 0 fully saturated rings. The van der Waals surface area contributed by atoms with Crippen LogP contribution in [0.15, 0.2) is 41.0 Å². The van der Waals surface area contributed by atoms with Crippen molar-refractivity contribution < 1.29 is 9.90 Å². The van der Waals surface area contributed by atoms with Crippen molar-refractivity contribution in [2.24, 2.45) is 0 Å². The van der Waals surface area contributed by atoms with Gasteiger partial charge in [0.15, 0.2) is 5.82 Å². The second-order valence-electron chi connectivity index (χ2n) is 3.82. The van der Waals surface area contributed by atoms with Gasteiger partial charge in [0.05, 0.1) is 5.52 Å². The zero-order valence-electron chi connectivity index (χ0n) is 9.49. The largest absolute Gasteiger partial charge is 0.478 e. The zero-order chi connectivity index (χ0) is 13.4. The van der Waals surface area contributed by atoms with E-state index in [0.717, 1.165) is 0 Å². The third-order valence-corrected chi connectivity index (χ3v) is 3.05. The highest BCUT2D eigenvalue weighted by Gasteiger charge is 2.16. The van der Waals surface area contributed by atoms with Gasteiger partial charge in [-0.1, -0.05) is 17.3 Å². The van der Waals surface area contributed by atoms with Crippen LogP contribution >= 0.6 is 15.9 Å². The van der Waals surface area contributed by atoms with E-state index >= 15 is 0 Å². The number of fused-ring (bicyclic) bond motifs is 1. The lowest BCUT2D eigenvalue weighted by molar-refractivity contribution is 0.0696. The number of halogens is 1. The number of carboxylic acids is 1. The fraction of sp³-hybridized carbons (Fsp3) is 0. The van der Waals surface area contributed by atoms with Gasteiger partial charge >= 0.3 is 5.97 Å². The first-order chi connectivity index (χ1) is 9.16. The van der Waals surface area contributed by atoms with E-state index in [1.165, 1.54) is 16.9 Å². The molecule has 0 bridgehead atoms. The van der Waals surface area contributed by atoms with Gasteiger partial charge < -0.3 is 5.11 Å². The second kappa shape index (κ2) is 4.43. The lowest BCUT2D eigenvalue weighted by Crippen LogP contribution is -2.09. The number of hydrogen-bond acceptors (Lipinski definition) is 4. The van der Waals surface area contributed by atoms with Crippen LogP contribution in [0.4, 0.5) is 0 Å². The minimum atomic E-state index is -1.07. The summed E-state index contributed by atoms with van der Waals surface area (Å²) in [5.41, 5.74) is 1.45. The Kier molecular flexibility index (Phi) is 2.75. The molecule has 0 amide bonds. The van der Waals surface area contributed by atoms with E-state index in [2.05, 4.69) is 31.2 Å². The number of rotatable bonds is 2. The average Bonchev–Trinajstić information content (AvgIpc) is 2.82. The normalized spacial score (nSPS) is 10.8. The molecule has 0 aliphatic carbocycles. The monoisotopic (exact) mass is 318 g/mol. The van der Waals surface area contributed by atoms with E-state index in [9.17, 15) is 9.90 Å². The number of para-hydroxylation sites is 1. The molecule has 3 rings (SSSR count). The molecule has 1 N–H and O–H groups in total. The highest BCUT2D eigenvalue weighted by Crippen LogP contribution is 2.20. The van der Waals surface area contributed by atoms with Crippen LogP contribution in [-0.4, -0.2) is 31.1 Å². The molecule has 1 aromatic carbocycles. The van der Waals surface area contributed by atoms with Gasteiger partial charge in [0.1, 0.15) is 11.1 Å². The van der Waals surface area contributed by atoms with Gasteiger partial charge in [-0.3, -0.25) is 0 Å². The maximum absolute atomic E-state index is 11.3. The SMILES string of the molecule is O=C(O)c1cc(Br)cnc1-n1nnc2ccccc21. The summed E-state index contributed by atoms with van der Waals surface area (Å²) in [6.07, 6.45) is 1.53. The van der Waals surface area contributed by atoms with Gasteiger partial charge in [-0.2, -0.15) is 4.68 Å². The Bertz CT molecular complexity index is 784. The molecular formula is C12H7BrN4O2. The van der Waals surface area contributed by atoms with Crippen molar-refractivity contribution in [2.45, 2.75) is 0 Å². The minimum absolute atomic E-state index is 0.0602. The van der Waals surface area contributed by atoms with Crippen LogP contribution in [0.1, 0.15) is 10.4 Å². The van der Waals surface area contributed by atoms with Crippen LogP contribution in [0.2, 0.25) is 0 Å². The number of aromatic nitrogens is 4. The number of carbonyl (C=O) groups is 1. The summed E-state index contributed by atoms with van der Waals surface area (Å²) in [5, 5.41) is 17.2. The molecule has 0 aliphatic rings. The highest BCUT2D eigenvalue weighted by atomic mass is 79.9. The maximum Gasteiger partial charge on any atom is 0.339 e. The second-order valence-corrected chi connectivity index (χ2v) is 4.74. The standard InChI is InChI=1S/C12H7BrN4O2/c13-7-5-8(12(18)19)11(14-6-7)17-10-4-2-1-3-9(10)15-16-17/h1-6H,(H,18,19). The number of hydrogen-bond donors (Lipinski definition) is 1. The molecule has 2 aromatic heterocycles. The predicted octanol–water partition coefficient (Wildman–Crippen LogP) is 2.28. The third kappa shape index (κ3) is 1.97. The summed E-state index contributed by atoms with van der Waals surface area (Å²) < 4.78 is 2.02. The van der Waals surface area contributed by atoms with Crippen LogP contribution in [0.5, 0.6) is 0 Å². The van der Waals surface area contributed by atoms with Crippen LogP contribution in [0, 0.1) is 0 Å². The van der Waals surface area contributed by atoms with Crippen molar-refractivity contribution in [2.75, 3.05) is 0 Å². The van der Waals surface area contributed by atoms with Crippen LogP contribution in [-0.2, 0) is 0 Å². The molecule has 3 aromatic rings. The van der Waals surface area contributed by atoms with Crippen LogP contribution in [0.3, 0.4) is 0 Å². The van der Waals surface area contributed by atoms with Crippen molar-refractivity contribution in [3.8, 4) is 5.82 Å². The fourth-order valence-electron chi connectivity index (χ4n) is 1.78. The first-order valence-corrected chi connectivity index (χ1v) is 6.16. The van der Waals surface area contributed by atoms with E-state index in [1.54, 1.807) is 6.07 Å². The van der Waals surface area contributed by atoms with Gasteiger partial charge in [-0.05, 0) is 34.1 Å². The molecular weight excluding hydrogens is 312 g/mol. The zero-order valence-corrected chi connectivity index (χ0v) is 11.1. The van der Waals surface area contributed by atoms with Crippen LogP contribution < -0.4 is 0 Å². The fourth-order valence-corrected chi connectivity index (χ4v) is 2.11.